The zero-order valence-corrected chi connectivity index (χ0v) is 16.5. The maximum atomic E-state index is 13.0. The molecule has 0 spiro atoms. The minimum absolute atomic E-state index is 0.118. The average Bonchev–Trinajstić information content (AvgIpc) is 3.17. The van der Waals surface area contributed by atoms with Crippen molar-refractivity contribution in [1.82, 2.24) is 9.88 Å². The molecule has 0 saturated carbocycles. The molecule has 8 heteroatoms. The van der Waals surface area contributed by atoms with Crippen LogP contribution in [0.2, 0.25) is 5.02 Å². The van der Waals surface area contributed by atoms with E-state index in [0.717, 1.165) is 5.39 Å². The Morgan fingerprint density at radius 2 is 1.97 bits per heavy atom. The second kappa shape index (κ2) is 8.14. The van der Waals surface area contributed by atoms with Crippen LogP contribution in [-0.4, -0.2) is 42.8 Å². The van der Waals surface area contributed by atoms with Crippen LogP contribution in [0.25, 0.3) is 10.9 Å². The number of benzene rings is 2. The number of carbonyl (C=O) groups excluding carboxylic acids is 1. The Kier molecular flexibility index (Phi) is 5.42. The molecule has 0 saturated heterocycles. The van der Waals surface area contributed by atoms with E-state index >= 15 is 0 Å². The summed E-state index contributed by atoms with van der Waals surface area (Å²) in [5.74, 6) is 0.952. The number of aromatic nitrogens is 1. The number of amides is 1. The fourth-order valence-electron chi connectivity index (χ4n) is 3.22. The van der Waals surface area contributed by atoms with Crippen LogP contribution < -0.4 is 15.0 Å². The largest absolute Gasteiger partial charge is 0.454 e. The number of fused-ring (bicyclic) bond motifs is 2. The minimum Gasteiger partial charge on any atom is -0.454 e. The summed E-state index contributed by atoms with van der Waals surface area (Å²) in [6.07, 6.45) is 0. The van der Waals surface area contributed by atoms with Crippen molar-refractivity contribution in [3.8, 4) is 11.5 Å². The molecule has 1 aromatic heterocycles. The van der Waals surface area contributed by atoms with Gasteiger partial charge in [-0.1, -0.05) is 23.7 Å². The number of pyridine rings is 1. The number of nitrogens with one attached hydrogen (secondary N) is 1. The highest BCUT2D eigenvalue weighted by Crippen LogP contribution is 2.35. The summed E-state index contributed by atoms with van der Waals surface area (Å²) >= 11 is 6.19. The van der Waals surface area contributed by atoms with E-state index < -0.39 is 0 Å². The average molecular weight is 415 g/mol. The predicted octanol–water partition coefficient (Wildman–Crippen LogP) is 3.20. The molecule has 4 rings (SSSR count). The summed E-state index contributed by atoms with van der Waals surface area (Å²) in [6.45, 7) is 0.923. The van der Waals surface area contributed by atoms with Crippen LogP contribution in [0.15, 0.2) is 47.3 Å². The molecule has 0 bridgehead atoms. The number of ether oxygens (including phenoxy) is 3. The SMILES string of the molecule is COCCN(Cc1cc2cc3c(cc2[nH]c1=O)OCO3)C(=O)c1ccccc1Cl. The molecule has 0 radical (unpaired) electrons. The van der Waals surface area contributed by atoms with Crippen LogP contribution in [0, 0.1) is 0 Å². The molecule has 1 amide bonds. The second-order valence-corrected chi connectivity index (χ2v) is 7.02. The van der Waals surface area contributed by atoms with Gasteiger partial charge in [0, 0.05) is 30.7 Å². The molecule has 2 heterocycles. The number of hydrogen-bond acceptors (Lipinski definition) is 5. The van der Waals surface area contributed by atoms with E-state index in [9.17, 15) is 9.59 Å². The Bertz CT molecular complexity index is 1130. The van der Waals surface area contributed by atoms with Crippen LogP contribution in [-0.2, 0) is 11.3 Å². The van der Waals surface area contributed by atoms with E-state index in [0.29, 0.717) is 46.3 Å². The normalized spacial score (nSPS) is 12.3. The topological polar surface area (TPSA) is 80.9 Å². The Morgan fingerprint density at radius 1 is 1.21 bits per heavy atom. The van der Waals surface area contributed by atoms with Crippen molar-refractivity contribution in [2.75, 3.05) is 27.1 Å². The first-order chi connectivity index (χ1) is 14.1. The molecular formula is C21H19ClN2O5. The molecule has 3 aromatic rings. The molecule has 0 aliphatic carbocycles. The van der Waals surface area contributed by atoms with Crippen molar-refractivity contribution in [3.05, 3.63) is 69.0 Å². The van der Waals surface area contributed by atoms with Crippen molar-refractivity contribution in [2.45, 2.75) is 6.54 Å². The van der Waals surface area contributed by atoms with E-state index in [-0.39, 0.29) is 24.8 Å². The van der Waals surface area contributed by atoms with Crippen LogP contribution in [0.3, 0.4) is 0 Å². The standard InChI is InChI=1S/C21H19ClN2O5/c1-27-7-6-24(21(26)15-4-2-3-5-16(15)22)11-14-8-13-9-18-19(29-12-28-18)10-17(13)23-20(14)25/h2-5,8-10H,6-7,11-12H2,1H3,(H,23,25). The molecule has 1 aliphatic rings. The molecule has 2 aromatic carbocycles. The number of nitrogens with zero attached hydrogens (tertiary/aromatic N) is 1. The van der Waals surface area contributed by atoms with Crippen molar-refractivity contribution in [3.63, 3.8) is 0 Å². The summed E-state index contributed by atoms with van der Waals surface area (Å²) < 4.78 is 15.9. The third-order valence-electron chi connectivity index (χ3n) is 4.73. The van der Waals surface area contributed by atoms with Crippen molar-refractivity contribution in [1.29, 1.82) is 0 Å². The molecule has 150 valence electrons. The van der Waals surface area contributed by atoms with E-state index in [1.54, 1.807) is 48.4 Å². The fraction of sp³-hybridized carbons (Fsp3) is 0.238. The van der Waals surface area contributed by atoms with Gasteiger partial charge in [0.25, 0.3) is 11.5 Å². The number of aromatic amines is 1. The van der Waals surface area contributed by atoms with Gasteiger partial charge in [0.1, 0.15) is 0 Å². The quantitative estimate of drug-likeness (QED) is 0.670. The van der Waals surface area contributed by atoms with Crippen LogP contribution in [0.1, 0.15) is 15.9 Å². The molecular weight excluding hydrogens is 396 g/mol. The van der Waals surface area contributed by atoms with Crippen LogP contribution in [0.5, 0.6) is 11.5 Å². The Morgan fingerprint density at radius 3 is 2.72 bits per heavy atom. The maximum absolute atomic E-state index is 13.0. The summed E-state index contributed by atoms with van der Waals surface area (Å²) in [5.41, 5.74) is 1.20. The van der Waals surface area contributed by atoms with Crippen LogP contribution >= 0.6 is 11.6 Å². The van der Waals surface area contributed by atoms with Crippen molar-refractivity contribution < 1.29 is 19.0 Å². The summed E-state index contributed by atoms with van der Waals surface area (Å²) in [5, 5.41) is 1.15. The number of hydrogen-bond donors (Lipinski definition) is 1. The second-order valence-electron chi connectivity index (χ2n) is 6.62. The molecule has 1 N–H and O–H groups in total. The smallest absolute Gasteiger partial charge is 0.255 e. The van der Waals surface area contributed by atoms with Gasteiger partial charge >= 0.3 is 0 Å². The maximum Gasteiger partial charge on any atom is 0.255 e. The summed E-state index contributed by atoms with van der Waals surface area (Å²) in [4.78, 5) is 30.1. The van der Waals surface area contributed by atoms with E-state index in [1.165, 1.54) is 0 Å². The van der Waals surface area contributed by atoms with Crippen molar-refractivity contribution in [2.24, 2.45) is 0 Å². The summed E-state index contributed by atoms with van der Waals surface area (Å²) in [7, 11) is 1.56. The highest BCUT2D eigenvalue weighted by molar-refractivity contribution is 6.33. The first kappa shape index (κ1) is 19.3. The number of carbonyl (C=O) groups is 1. The molecule has 29 heavy (non-hydrogen) atoms. The molecule has 0 fully saturated rings. The number of rotatable bonds is 6. The fourth-order valence-corrected chi connectivity index (χ4v) is 3.44. The van der Waals surface area contributed by atoms with Gasteiger partial charge in [0.15, 0.2) is 11.5 Å². The highest BCUT2D eigenvalue weighted by Gasteiger charge is 2.21. The van der Waals surface area contributed by atoms with Gasteiger partial charge in [-0.3, -0.25) is 9.59 Å². The Balaban J connectivity index is 1.68. The minimum atomic E-state index is -0.272. The number of methoxy groups -OCH3 is 1. The molecule has 0 atom stereocenters. The van der Waals surface area contributed by atoms with Gasteiger partial charge in [-0.25, -0.2) is 0 Å². The van der Waals surface area contributed by atoms with Gasteiger partial charge in [0.2, 0.25) is 6.79 Å². The zero-order chi connectivity index (χ0) is 20.4. The van der Waals surface area contributed by atoms with Crippen molar-refractivity contribution >= 4 is 28.4 Å². The lowest BCUT2D eigenvalue weighted by Gasteiger charge is -2.23. The Hall–Kier alpha value is -3.03. The lowest BCUT2D eigenvalue weighted by molar-refractivity contribution is 0.0680. The van der Waals surface area contributed by atoms with Gasteiger partial charge in [-0.05, 0) is 24.3 Å². The molecule has 0 unspecified atom stereocenters. The van der Waals surface area contributed by atoms with E-state index in [4.69, 9.17) is 25.8 Å². The van der Waals surface area contributed by atoms with E-state index in [2.05, 4.69) is 4.98 Å². The predicted molar refractivity (Wildman–Crippen MR) is 109 cm³/mol. The number of H-pyrrole nitrogens is 1. The van der Waals surface area contributed by atoms with E-state index in [1.807, 2.05) is 6.07 Å². The first-order valence-electron chi connectivity index (χ1n) is 9.05. The monoisotopic (exact) mass is 414 g/mol. The van der Waals surface area contributed by atoms with Gasteiger partial charge < -0.3 is 24.1 Å². The lowest BCUT2D eigenvalue weighted by Crippen LogP contribution is -2.35. The van der Waals surface area contributed by atoms with Gasteiger partial charge in [-0.2, -0.15) is 0 Å². The van der Waals surface area contributed by atoms with Gasteiger partial charge in [0.05, 0.1) is 29.3 Å². The third kappa shape index (κ3) is 3.92. The molecule has 1 aliphatic heterocycles. The number of halogens is 1. The van der Waals surface area contributed by atoms with Crippen LogP contribution in [0.4, 0.5) is 0 Å². The third-order valence-corrected chi connectivity index (χ3v) is 5.06. The molecule has 7 nitrogen and oxygen atoms in total. The summed E-state index contributed by atoms with van der Waals surface area (Å²) in [6, 6.07) is 12.1. The van der Waals surface area contributed by atoms with Gasteiger partial charge in [-0.15, -0.1) is 0 Å². The zero-order valence-electron chi connectivity index (χ0n) is 15.7. The Labute approximate surface area is 171 Å². The highest BCUT2D eigenvalue weighted by atomic mass is 35.5. The lowest BCUT2D eigenvalue weighted by atomic mass is 10.1. The first-order valence-corrected chi connectivity index (χ1v) is 9.43.